The predicted octanol–water partition coefficient (Wildman–Crippen LogP) is 4.64. The van der Waals surface area contributed by atoms with E-state index in [0.717, 1.165) is 29.7 Å². The largest absolute Gasteiger partial charge is 0.493 e. The van der Waals surface area contributed by atoms with Crippen molar-refractivity contribution in [3.63, 3.8) is 0 Å². The minimum Gasteiger partial charge on any atom is -0.493 e. The lowest BCUT2D eigenvalue weighted by atomic mass is 10.1. The van der Waals surface area contributed by atoms with E-state index in [1.165, 1.54) is 0 Å². The highest BCUT2D eigenvalue weighted by atomic mass is 16.5. The summed E-state index contributed by atoms with van der Waals surface area (Å²) in [5, 5.41) is 15.5. The summed E-state index contributed by atoms with van der Waals surface area (Å²) in [5.41, 5.74) is 2.90. The number of aromatic nitrogens is 2. The predicted molar refractivity (Wildman–Crippen MR) is 132 cm³/mol. The minimum atomic E-state index is -0.557. The van der Waals surface area contributed by atoms with Gasteiger partial charge in [0.2, 0.25) is 5.88 Å². The molecule has 0 spiro atoms. The second-order valence-electron chi connectivity index (χ2n) is 9.07. The number of aliphatic hydroxyl groups excluding tert-OH is 1. The molecule has 1 saturated carbocycles. The fraction of sp³-hybridized carbons (Fsp3) is 0.444. The Morgan fingerprint density at radius 2 is 1.74 bits per heavy atom. The fourth-order valence-electron chi connectivity index (χ4n) is 4.07. The maximum atomic E-state index is 10.7. The molecule has 0 saturated heterocycles. The number of para-hydroxylation sites is 2. The monoisotopic (exact) mass is 465 g/mol. The van der Waals surface area contributed by atoms with Crippen LogP contribution in [0.1, 0.15) is 32.3 Å². The summed E-state index contributed by atoms with van der Waals surface area (Å²) in [6.07, 6.45) is 1.79. The lowest BCUT2D eigenvalue weighted by Gasteiger charge is -2.26. The Labute approximate surface area is 201 Å². The van der Waals surface area contributed by atoms with E-state index in [1.54, 1.807) is 11.8 Å². The first kappa shape index (κ1) is 24.3. The van der Waals surface area contributed by atoms with Crippen LogP contribution in [0.3, 0.4) is 0 Å². The number of methoxy groups -OCH3 is 1. The summed E-state index contributed by atoms with van der Waals surface area (Å²) in [6.45, 7) is 5.44. The number of nitrogens with zero attached hydrogens (tertiary/aromatic N) is 3. The number of hydrogen-bond donors (Lipinski definition) is 1. The van der Waals surface area contributed by atoms with Gasteiger partial charge in [-0.3, -0.25) is 4.90 Å². The zero-order valence-electron chi connectivity index (χ0n) is 20.5. The van der Waals surface area contributed by atoms with Crippen molar-refractivity contribution in [3.05, 3.63) is 60.2 Å². The van der Waals surface area contributed by atoms with Crippen molar-refractivity contribution in [3.8, 4) is 28.6 Å². The van der Waals surface area contributed by atoms with E-state index in [2.05, 4.69) is 17.0 Å². The van der Waals surface area contributed by atoms with Crippen molar-refractivity contribution in [2.24, 2.45) is 7.05 Å². The number of ether oxygens (including phenoxy) is 3. The lowest BCUT2D eigenvalue weighted by Crippen LogP contribution is -2.36. The van der Waals surface area contributed by atoms with Crippen molar-refractivity contribution < 1.29 is 19.3 Å². The average Bonchev–Trinajstić information content (AvgIpc) is 3.64. The Bertz CT molecular complexity index is 1060. The lowest BCUT2D eigenvalue weighted by molar-refractivity contribution is -0.0107. The van der Waals surface area contributed by atoms with E-state index in [1.807, 2.05) is 63.4 Å². The van der Waals surface area contributed by atoms with Crippen LogP contribution < -0.4 is 9.47 Å². The Morgan fingerprint density at radius 3 is 2.38 bits per heavy atom. The first-order valence-corrected chi connectivity index (χ1v) is 11.9. The maximum Gasteiger partial charge on any atom is 0.222 e. The van der Waals surface area contributed by atoms with Gasteiger partial charge in [0, 0.05) is 31.7 Å². The third-order valence-electron chi connectivity index (χ3n) is 5.90. The Morgan fingerprint density at radius 1 is 1.06 bits per heavy atom. The van der Waals surface area contributed by atoms with Gasteiger partial charge in [-0.2, -0.15) is 5.10 Å². The van der Waals surface area contributed by atoms with Gasteiger partial charge in [0.05, 0.1) is 31.5 Å². The van der Waals surface area contributed by atoms with E-state index in [9.17, 15) is 5.11 Å². The first-order valence-electron chi connectivity index (χ1n) is 11.9. The molecule has 1 aliphatic rings. The van der Waals surface area contributed by atoms with Crippen LogP contribution in [0.2, 0.25) is 0 Å². The van der Waals surface area contributed by atoms with Gasteiger partial charge in [-0.05, 0) is 38.8 Å². The molecule has 1 aliphatic carbocycles. The Kier molecular flexibility index (Phi) is 7.88. The van der Waals surface area contributed by atoms with E-state index < -0.39 is 6.10 Å². The summed E-state index contributed by atoms with van der Waals surface area (Å²) in [6, 6.07) is 18.2. The second kappa shape index (κ2) is 11.0. The van der Waals surface area contributed by atoms with Gasteiger partial charge < -0.3 is 19.3 Å². The zero-order chi connectivity index (χ0) is 24.1. The molecule has 0 radical (unpaired) electrons. The zero-order valence-corrected chi connectivity index (χ0v) is 20.5. The number of aryl methyl sites for hydroxylation is 1. The molecule has 7 nitrogen and oxygen atoms in total. The molecule has 1 N–H and O–H groups in total. The molecule has 0 aliphatic heterocycles. The van der Waals surface area contributed by atoms with Crippen molar-refractivity contribution in [2.45, 2.75) is 51.5 Å². The van der Waals surface area contributed by atoms with Crippen LogP contribution in [-0.4, -0.2) is 58.3 Å². The van der Waals surface area contributed by atoms with Crippen LogP contribution in [-0.2, 0) is 18.3 Å². The number of aliphatic hydroxyl groups is 1. The minimum absolute atomic E-state index is 0.0906. The summed E-state index contributed by atoms with van der Waals surface area (Å²) in [7, 11) is 3.53. The molecule has 34 heavy (non-hydrogen) atoms. The molecule has 0 bridgehead atoms. The summed E-state index contributed by atoms with van der Waals surface area (Å²) < 4.78 is 19.3. The third kappa shape index (κ3) is 5.97. The Hall–Kier alpha value is -2.87. The number of hydrogen-bond acceptors (Lipinski definition) is 6. The Balaban J connectivity index is 1.67. The van der Waals surface area contributed by atoms with Gasteiger partial charge >= 0.3 is 0 Å². The van der Waals surface area contributed by atoms with Crippen molar-refractivity contribution in [1.29, 1.82) is 0 Å². The van der Waals surface area contributed by atoms with E-state index in [0.29, 0.717) is 43.1 Å². The topological polar surface area (TPSA) is 69.0 Å². The molecule has 182 valence electrons. The normalized spacial score (nSPS) is 14.6. The first-order chi connectivity index (χ1) is 16.5. The summed E-state index contributed by atoms with van der Waals surface area (Å²) >= 11 is 0. The molecule has 0 unspecified atom stereocenters. The van der Waals surface area contributed by atoms with Gasteiger partial charge in [-0.25, -0.2) is 4.68 Å². The van der Waals surface area contributed by atoms with Crippen molar-refractivity contribution >= 4 is 0 Å². The molecular weight excluding hydrogens is 430 g/mol. The van der Waals surface area contributed by atoms with Crippen LogP contribution in [0.4, 0.5) is 0 Å². The molecule has 0 amide bonds. The standard InChI is InChI=1S/C27H35N3O4/c1-19(2)33-18-22(31)16-30(21-14-15-21)17-23-26(20-10-6-5-7-11-20)28-29(3)27(23)34-25-13-9-8-12-24(25)32-4/h5-13,19,21-22,31H,14-18H2,1-4H3/t22-/m1/s1. The highest BCUT2D eigenvalue weighted by Gasteiger charge is 2.33. The van der Waals surface area contributed by atoms with Gasteiger partial charge in [-0.1, -0.05) is 42.5 Å². The average molecular weight is 466 g/mol. The molecule has 1 atom stereocenters. The number of benzene rings is 2. The van der Waals surface area contributed by atoms with E-state index >= 15 is 0 Å². The van der Waals surface area contributed by atoms with Crippen LogP contribution in [0, 0.1) is 0 Å². The van der Waals surface area contributed by atoms with Gasteiger partial charge in [0.15, 0.2) is 11.5 Å². The molecule has 1 heterocycles. The summed E-state index contributed by atoms with van der Waals surface area (Å²) in [4.78, 5) is 2.33. The highest BCUT2D eigenvalue weighted by molar-refractivity contribution is 5.66. The molecule has 2 aromatic carbocycles. The molecule has 3 aromatic rings. The SMILES string of the molecule is COc1ccccc1Oc1c(CN(C[C@@H](O)COC(C)C)C2CC2)c(-c2ccccc2)nn1C. The van der Waals surface area contributed by atoms with Gasteiger partial charge in [-0.15, -0.1) is 0 Å². The quantitative estimate of drug-likeness (QED) is 0.420. The van der Waals surface area contributed by atoms with Crippen LogP contribution in [0.5, 0.6) is 17.4 Å². The summed E-state index contributed by atoms with van der Waals surface area (Å²) in [5.74, 6) is 1.97. The second-order valence-corrected chi connectivity index (χ2v) is 9.07. The third-order valence-corrected chi connectivity index (χ3v) is 5.90. The van der Waals surface area contributed by atoms with Crippen LogP contribution in [0.15, 0.2) is 54.6 Å². The molecule has 1 fully saturated rings. The molecule has 4 rings (SSSR count). The van der Waals surface area contributed by atoms with Crippen LogP contribution >= 0.6 is 0 Å². The molecule has 7 heteroatoms. The smallest absolute Gasteiger partial charge is 0.222 e. The van der Waals surface area contributed by atoms with Gasteiger partial charge in [0.1, 0.15) is 5.69 Å². The van der Waals surface area contributed by atoms with E-state index in [4.69, 9.17) is 19.3 Å². The van der Waals surface area contributed by atoms with Crippen molar-refractivity contribution in [2.75, 3.05) is 20.3 Å². The van der Waals surface area contributed by atoms with Gasteiger partial charge in [0.25, 0.3) is 0 Å². The molecule has 1 aromatic heterocycles. The highest BCUT2D eigenvalue weighted by Crippen LogP contribution is 2.39. The number of rotatable bonds is 12. The molecular formula is C27H35N3O4. The van der Waals surface area contributed by atoms with Crippen LogP contribution in [0.25, 0.3) is 11.3 Å². The van der Waals surface area contributed by atoms with E-state index in [-0.39, 0.29) is 6.10 Å². The van der Waals surface area contributed by atoms with Crippen molar-refractivity contribution in [1.82, 2.24) is 14.7 Å². The maximum absolute atomic E-state index is 10.7. The fourth-order valence-corrected chi connectivity index (χ4v) is 4.07.